The first-order chi connectivity index (χ1) is 8.49. The van der Waals surface area contributed by atoms with Crippen LogP contribution in [0.1, 0.15) is 19.3 Å². The van der Waals surface area contributed by atoms with Crippen molar-refractivity contribution < 1.29 is 14.8 Å². The summed E-state index contributed by atoms with van der Waals surface area (Å²) in [6.07, 6.45) is 2.87. The summed E-state index contributed by atoms with van der Waals surface area (Å²) in [7, 11) is 1.61. The minimum absolute atomic E-state index is 0.0201. The van der Waals surface area contributed by atoms with Crippen molar-refractivity contribution in [2.45, 2.75) is 25.3 Å². The van der Waals surface area contributed by atoms with Gasteiger partial charge in [-0.05, 0) is 12.8 Å². The molecule has 1 unspecified atom stereocenters. The lowest BCUT2D eigenvalue weighted by atomic mass is 10.1. The van der Waals surface area contributed by atoms with Gasteiger partial charge >= 0.3 is 11.7 Å². The molecule has 18 heavy (non-hydrogen) atoms. The maximum absolute atomic E-state index is 10.9. The molecule has 2 heterocycles. The highest BCUT2D eigenvalue weighted by atomic mass is 16.6. The zero-order valence-corrected chi connectivity index (χ0v) is 9.94. The fourth-order valence-electron chi connectivity index (χ4n) is 2.33. The Morgan fingerprint density at radius 3 is 3.06 bits per heavy atom. The van der Waals surface area contributed by atoms with Crippen molar-refractivity contribution in [3.8, 4) is 0 Å². The van der Waals surface area contributed by atoms with Crippen LogP contribution < -0.4 is 4.90 Å². The summed E-state index contributed by atoms with van der Waals surface area (Å²) in [5, 5.41) is 23.8. The summed E-state index contributed by atoms with van der Waals surface area (Å²) in [6, 6.07) is -0.212. The highest BCUT2D eigenvalue weighted by Crippen LogP contribution is 2.32. The van der Waals surface area contributed by atoms with Gasteiger partial charge in [-0.25, -0.2) is 0 Å². The van der Waals surface area contributed by atoms with E-state index in [1.165, 1.54) is 10.9 Å². The van der Waals surface area contributed by atoms with Crippen LogP contribution in [0.4, 0.5) is 11.5 Å². The molecule has 1 aliphatic heterocycles. The summed E-state index contributed by atoms with van der Waals surface area (Å²) in [6.45, 7) is 0.607. The van der Waals surface area contributed by atoms with E-state index in [2.05, 4.69) is 5.10 Å². The monoisotopic (exact) mass is 254 g/mol. The molecule has 1 N–H and O–H groups in total. The van der Waals surface area contributed by atoms with Crippen molar-refractivity contribution in [1.29, 1.82) is 0 Å². The van der Waals surface area contributed by atoms with Gasteiger partial charge in [0.05, 0.1) is 11.3 Å². The van der Waals surface area contributed by atoms with E-state index in [1.807, 2.05) is 0 Å². The highest BCUT2D eigenvalue weighted by molar-refractivity contribution is 5.69. The number of nitrogens with zero attached hydrogens (tertiary/aromatic N) is 4. The number of carbonyl (C=O) groups is 1. The number of anilines is 1. The first kappa shape index (κ1) is 12.3. The Kier molecular flexibility index (Phi) is 3.17. The number of hydrogen-bond acceptors (Lipinski definition) is 5. The summed E-state index contributed by atoms with van der Waals surface area (Å²) in [5.41, 5.74) is -0.0743. The van der Waals surface area contributed by atoms with Crippen molar-refractivity contribution in [3.05, 3.63) is 16.3 Å². The van der Waals surface area contributed by atoms with E-state index in [0.717, 1.165) is 12.8 Å². The molecule has 0 bridgehead atoms. The molecule has 1 aliphatic rings. The van der Waals surface area contributed by atoms with Crippen molar-refractivity contribution in [3.63, 3.8) is 0 Å². The first-order valence-corrected chi connectivity index (χ1v) is 5.65. The standard InChI is InChI=1S/C10H14N4O4/c1-12-6-8(14(17)18)10(11-12)13-4-2-3-7(13)5-9(15)16/h6-7H,2-5H2,1H3,(H,15,16). The summed E-state index contributed by atoms with van der Waals surface area (Å²) in [5.74, 6) is -0.628. The third-order valence-electron chi connectivity index (χ3n) is 3.05. The van der Waals surface area contributed by atoms with Crippen LogP contribution in [0.3, 0.4) is 0 Å². The van der Waals surface area contributed by atoms with Gasteiger partial charge in [0, 0.05) is 19.6 Å². The van der Waals surface area contributed by atoms with Gasteiger partial charge in [0.1, 0.15) is 6.20 Å². The predicted octanol–water partition coefficient (Wildman–Crippen LogP) is 0.772. The van der Waals surface area contributed by atoms with Crippen molar-refractivity contribution >= 4 is 17.5 Å². The Morgan fingerprint density at radius 1 is 1.72 bits per heavy atom. The second-order valence-corrected chi connectivity index (χ2v) is 4.36. The second kappa shape index (κ2) is 4.63. The van der Waals surface area contributed by atoms with Crippen molar-refractivity contribution in [2.24, 2.45) is 7.05 Å². The molecule has 0 radical (unpaired) electrons. The zero-order chi connectivity index (χ0) is 13.3. The molecule has 0 aromatic carbocycles. The van der Waals surface area contributed by atoms with Gasteiger partial charge in [-0.15, -0.1) is 5.10 Å². The number of hydrogen-bond donors (Lipinski definition) is 1. The van der Waals surface area contributed by atoms with Crippen LogP contribution in [0.25, 0.3) is 0 Å². The van der Waals surface area contributed by atoms with Crippen LogP contribution in [0.15, 0.2) is 6.20 Å². The summed E-state index contributed by atoms with van der Waals surface area (Å²) in [4.78, 5) is 22.9. The maximum atomic E-state index is 10.9. The van der Waals surface area contributed by atoms with Crippen LogP contribution in [0.2, 0.25) is 0 Å². The molecule has 1 aromatic heterocycles. The van der Waals surface area contributed by atoms with Gasteiger partial charge in [-0.1, -0.05) is 0 Å². The van der Waals surface area contributed by atoms with Gasteiger partial charge in [0.2, 0.25) is 5.82 Å². The number of nitro groups is 1. The molecule has 1 fully saturated rings. The van der Waals surface area contributed by atoms with Crippen LogP contribution in [-0.2, 0) is 11.8 Å². The molecule has 1 saturated heterocycles. The topological polar surface area (TPSA) is 102 Å². The molecule has 0 spiro atoms. The van der Waals surface area contributed by atoms with Gasteiger partial charge in [0.25, 0.3) is 0 Å². The number of carboxylic acids is 1. The van der Waals surface area contributed by atoms with E-state index in [9.17, 15) is 14.9 Å². The van der Waals surface area contributed by atoms with Gasteiger partial charge < -0.3 is 10.0 Å². The fraction of sp³-hybridized carbons (Fsp3) is 0.600. The molecule has 2 rings (SSSR count). The van der Waals surface area contributed by atoms with E-state index >= 15 is 0 Å². The molecular weight excluding hydrogens is 240 g/mol. The SMILES string of the molecule is Cn1cc([N+](=O)[O-])c(N2CCCC2CC(=O)O)n1. The molecule has 0 amide bonds. The van der Waals surface area contributed by atoms with Gasteiger partial charge in [-0.3, -0.25) is 19.6 Å². The minimum atomic E-state index is -0.898. The van der Waals surface area contributed by atoms with Crippen LogP contribution >= 0.6 is 0 Å². The van der Waals surface area contributed by atoms with E-state index in [1.54, 1.807) is 11.9 Å². The number of aromatic nitrogens is 2. The van der Waals surface area contributed by atoms with Crippen molar-refractivity contribution in [2.75, 3.05) is 11.4 Å². The van der Waals surface area contributed by atoms with Gasteiger partial charge in [-0.2, -0.15) is 0 Å². The highest BCUT2D eigenvalue weighted by Gasteiger charge is 2.33. The fourth-order valence-corrected chi connectivity index (χ4v) is 2.33. The number of aryl methyl sites for hydroxylation is 1. The normalized spacial score (nSPS) is 19.2. The smallest absolute Gasteiger partial charge is 0.330 e. The van der Waals surface area contributed by atoms with E-state index in [4.69, 9.17) is 5.11 Å². The molecule has 8 heteroatoms. The van der Waals surface area contributed by atoms with Crippen molar-refractivity contribution in [1.82, 2.24) is 9.78 Å². The lowest BCUT2D eigenvalue weighted by Gasteiger charge is -2.22. The molecule has 98 valence electrons. The van der Waals surface area contributed by atoms with Crippen LogP contribution in [0.5, 0.6) is 0 Å². The first-order valence-electron chi connectivity index (χ1n) is 5.65. The minimum Gasteiger partial charge on any atom is -0.481 e. The molecule has 0 aliphatic carbocycles. The quantitative estimate of drug-likeness (QED) is 0.629. The maximum Gasteiger partial charge on any atom is 0.330 e. The van der Waals surface area contributed by atoms with Crippen LogP contribution in [-0.4, -0.2) is 38.4 Å². The average Bonchev–Trinajstić information content (AvgIpc) is 2.83. The average molecular weight is 254 g/mol. The third-order valence-corrected chi connectivity index (χ3v) is 3.05. The Balaban J connectivity index is 2.29. The molecule has 1 atom stereocenters. The predicted molar refractivity (Wildman–Crippen MR) is 62.5 cm³/mol. The second-order valence-electron chi connectivity index (χ2n) is 4.36. The zero-order valence-electron chi connectivity index (χ0n) is 9.94. The molecule has 8 nitrogen and oxygen atoms in total. The number of carboxylic acid groups (broad SMARTS) is 1. The van der Waals surface area contributed by atoms with E-state index in [0.29, 0.717) is 6.54 Å². The molecule has 0 saturated carbocycles. The lowest BCUT2D eigenvalue weighted by molar-refractivity contribution is -0.384. The summed E-state index contributed by atoms with van der Waals surface area (Å²) < 4.78 is 1.38. The Hall–Kier alpha value is -2.12. The summed E-state index contributed by atoms with van der Waals surface area (Å²) >= 11 is 0. The molecular formula is C10H14N4O4. The largest absolute Gasteiger partial charge is 0.481 e. The lowest BCUT2D eigenvalue weighted by Crippen LogP contribution is -2.32. The number of aliphatic carboxylic acids is 1. The Labute approximate surface area is 103 Å². The number of rotatable bonds is 4. The van der Waals surface area contributed by atoms with Crippen LogP contribution in [0, 0.1) is 10.1 Å². The van der Waals surface area contributed by atoms with E-state index < -0.39 is 10.9 Å². The Morgan fingerprint density at radius 2 is 2.44 bits per heavy atom. The van der Waals surface area contributed by atoms with Gasteiger partial charge in [0.15, 0.2) is 0 Å². The Bertz CT molecular complexity index is 484. The molecule has 1 aromatic rings. The third kappa shape index (κ3) is 2.27. The van der Waals surface area contributed by atoms with E-state index in [-0.39, 0.29) is 24.0 Å².